The van der Waals surface area contributed by atoms with Gasteiger partial charge in [-0.05, 0) is 36.1 Å². The first-order valence-electron chi connectivity index (χ1n) is 7.85. The monoisotopic (exact) mass is 411 g/mol. The molecular formula is C17H15ClFN3O2S2. The molecule has 0 saturated carbocycles. The fourth-order valence-electron chi connectivity index (χ4n) is 2.36. The summed E-state index contributed by atoms with van der Waals surface area (Å²) in [5.74, 6) is -0.767. The number of thioether (sulfide) groups is 1. The molecule has 1 amide bonds. The molecule has 0 aliphatic heterocycles. The first kappa shape index (κ1) is 18.9. The number of hydrogen-bond donors (Lipinski definition) is 1. The van der Waals surface area contributed by atoms with Crippen LogP contribution in [0.15, 0.2) is 39.6 Å². The summed E-state index contributed by atoms with van der Waals surface area (Å²) in [6, 6.07) is 5.77. The summed E-state index contributed by atoms with van der Waals surface area (Å²) in [7, 11) is 0. The summed E-state index contributed by atoms with van der Waals surface area (Å²) >= 11 is 8.26. The van der Waals surface area contributed by atoms with Crippen LogP contribution in [0, 0.1) is 5.82 Å². The van der Waals surface area contributed by atoms with Gasteiger partial charge >= 0.3 is 0 Å². The lowest BCUT2D eigenvalue weighted by Gasteiger charge is -2.11. The molecule has 0 bridgehead atoms. The number of amides is 1. The zero-order chi connectivity index (χ0) is 18.7. The number of carbonyl (C=O) groups excluding carboxylic acids is 1. The van der Waals surface area contributed by atoms with E-state index in [-0.39, 0.29) is 22.2 Å². The van der Waals surface area contributed by atoms with Gasteiger partial charge in [0.15, 0.2) is 5.16 Å². The van der Waals surface area contributed by atoms with E-state index < -0.39 is 5.82 Å². The molecule has 0 saturated heterocycles. The molecule has 2 aromatic heterocycles. The number of thiophene rings is 1. The molecule has 3 aromatic rings. The van der Waals surface area contributed by atoms with Gasteiger partial charge in [-0.15, -0.1) is 11.3 Å². The maximum absolute atomic E-state index is 13.2. The van der Waals surface area contributed by atoms with Crippen LogP contribution in [-0.4, -0.2) is 21.2 Å². The Bertz CT molecular complexity index is 1020. The number of benzene rings is 1. The number of hydrogen-bond acceptors (Lipinski definition) is 5. The third-order valence-electron chi connectivity index (χ3n) is 3.51. The molecule has 0 atom stereocenters. The summed E-state index contributed by atoms with van der Waals surface area (Å²) in [4.78, 5) is 29.2. The van der Waals surface area contributed by atoms with E-state index in [0.29, 0.717) is 27.6 Å². The lowest BCUT2D eigenvalue weighted by atomic mass is 10.3. The molecule has 1 N–H and O–H groups in total. The predicted octanol–water partition coefficient (Wildman–Crippen LogP) is 4.39. The zero-order valence-electron chi connectivity index (χ0n) is 13.8. The second kappa shape index (κ2) is 8.20. The second-order valence-corrected chi connectivity index (χ2v) is 7.72. The van der Waals surface area contributed by atoms with Gasteiger partial charge in [0.25, 0.3) is 5.56 Å². The maximum atomic E-state index is 13.2. The van der Waals surface area contributed by atoms with Crippen molar-refractivity contribution in [1.82, 2.24) is 9.55 Å². The van der Waals surface area contributed by atoms with E-state index in [0.717, 1.165) is 6.42 Å². The minimum Gasteiger partial charge on any atom is -0.325 e. The third-order valence-corrected chi connectivity index (χ3v) is 5.67. The molecule has 26 heavy (non-hydrogen) atoms. The van der Waals surface area contributed by atoms with Crippen molar-refractivity contribution in [2.24, 2.45) is 0 Å². The van der Waals surface area contributed by atoms with Crippen LogP contribution in [-0.2, 0) is 11.3 Å². The van der Waals surface area contributed by atoms with Crippen LogP contribution < -0.4 is 10.9 Å². The van der Waals surface area contributed by atoms with Crippen molar-refractivity contribution in [3.8, 4) is 0 Å². The number of anilines is 1. The van der Waals surface area contributed by atoms with Gasteiger partial charge in [-0.25, -0.2) is 9.37 Å². The number of aromatic nitrogens is 2. The molecule has 0 aliphatic carbocycles. The fourth-order valence-corrected chi connectivity index (χ4v) is 4.14. The Morgan fingerprint density at radius 3 is 2.96 bits per heavy atom. The number of halogens is 2. The molecule has 1 aromatic carbocycles. The highest BCUT2D eigenvalue weighted by atomic mass is 35.5. The highest BCUT2D eigenvalue weighted by Crippen LogP contribution is 2.22. The number of fused-ring (bicyclic) bond motifs is 1. The van der Waals surface area contributed by atoms with E-state index in [2.05, 4.69) is 10.3 Å². The molecule has 3 rings (SSSR count). The highest BCUT2D eigenvalue weighted by molar-refractivity contribution is 7.99. The largest absolute Gasteiger partial charge is 0.325 e. The van der Waals surface area contributed by atoms with Crippen LogP contribution in [0.25, 0.3) is 10.2 Å². The van der Waals surface area contributed by atoms with Gasteiger partial charge in [-0.2, -0.15) is 0 Å². The third kappa shape index (κ3) is 4.08. The van der Waals surface area contributed by atoms with Crippen LogP contribution in [0.1, 0.15) is 13.3 Å². The molecule has 5 nitrogen and oxygen atoms in total. The van der Waals surface area contributed by atoms with Crippen LogP contribution in [0.3, 0.4) is 0 Å². The molecule has 136 valence electrons. The summed E-state index contributed by atoms with van der Waals surface area (Å²) in [6.45, 7) is 2.52. The molecule has 0 fully saturated rings. The smallest absolute Gasteiger partial charge is 0.272 e. The Kier molecular flexibility index (Phi) is 5.95. The lowest BCUT2D eigenvalue weighted by molar-refractivity contribution is -0.113. The van der Waals surface area contributed by atoms with Gasteiger partial charge in [0, 0.05) is 12.2 Å². The minimum absolute atomic E-state index is 0.0585. The average molecular weight is 412 g/mol. The van der Waals surface area contributed by atoms with Crippen LogP contribution in [0.2, 0.25) is 5.02 Å². The van der Waals surface area contributed by atoms with Crippen LogP contribution in [0.5, 0.6) is 0 Å². The Morgan fingerprint density at radius 2 is 2.23 bits per heavy atom. The summed E-state index contributed by atoms with van der Waals surface area (Å²) in [6.07, 6.45) is 0.784. The molecule has 0 unspecified atom stereocenters. The molecule has 0 spiro atoms. The first-order valence-corrected chi connectivity index (χ1v) is 10.1. The van der Waals surface area contributed by atoms with Crippen molar-refractivity contribution >= 4 is 56.5 Å². The van der Waals surface area contributed by atoms with Gasteiger partial charge in [0.1, 0.15) is 10.5 Å². The molecule has 0 radical (unpaired) electrons. The van der Waals surface area contributed by atoms with Crippen molar-refractivity contribution in [2.45, 2.75) is 25.0 Å². The van der Waals surface area contributed by atoms with Gasteiger partial charge < -0.3 is 5.32 Å². The fraction of sp³-hybridized carbons (Fsp3) is 0.235. The lowest BCUT2D eigenvalue weighted by Crippen LogP contribution is -2.23. The Morgan fingerprint density at radius 1 is 1.42 bits per heavy atom. The van der Waals surface area contributed by atoms with E-state index in [4.69, 9.17) is 11.6 Å². The molecular weight excluding hydrogens is 397 g/mol. The van der Waals surface area contributed by atoms with E-state index in [1.165, 1.54) is 41.3 Å². The average Bonchev–Trinajstić information content (AvgIpc) is 3.08. The van der Waals surface area contributed by atoms with Crippen molar-refractivity contribution in [3.63, 3.8) is 0 Å². The number of nitrogens with one attached hydrogen (secondary N) is 1. The van der Waals surface area contributed by atoms with E-state index in [1.807, 2.05) is 12.3 Å². The summed E-state index contributed by atoms with van der Waals surface area (Å²) < 4.78 is 15.4. The van der Waals surface area contributed by atoms with E-state index in [1.54, 1.807) is 10.6 Å². The van der Waals surface area contributed by atoms with Gasteiger partial charge in [-0.3, -0.25) is 14.2 Å². The van der Waals surface area contributed by atoms with Crippen molar-refractivity contribution < 1.29 is 9.18 Å². The number of carbonyl (C=O) groups is 1. The van der Waals surface area contributed by atoms with Gasteiger partial charge in [-0.1, -0.05) is 30.3 Å². The van der Waals surface area contributed by atoms with Crippen molar-refractivity contribution in [1.29, 1.82) is 0 Å². The van der Waals surface area contributed by atoms with Crippen molar-refractivity contribution in [3.05, 3.63) is 50.8 Å². The summed E-state index contributed by atoms with van der Waals surface area (Å²) in [5.41, 5.74) is 0.967. The molecule has 2 heterocycles. The van der Waals surface area contributed by atoms with Crippen LogP contribution >= 0.6 is 34.7 Å². The van der Waals surface area contributed by atoms with E-state index >= 15 is 0 Å². The number of nitrogens with zero attached hydrogens (tertiary/aromatic N) is 2. The quantitative estimate of drug-likeness (QED) is 0.482. The Labute approximate surface area is 162 Å². The highest BCUT2D eigenvalue weighted by Gasteiger charge is 2.14. The van der Waals surface area contributed by atoms with Crippen LogP contribution in [0.4, 0.5) is 10.1 Å². The standard InChI is InChI=1S/C17H15ClFN3O2S2/c1-2-6-22-16(24)15-13(5-7-25-15)21-17(22)26-9-14(23)20-10-3-4-12(19)11(18)8-10/h3-5,7-8H,2,6,9H2,1H3,(H,20,23). The van der Waals surface area contributed by atoms with E-state index in [9.17, 15) is 14.0 Å². The normalized spacial score (nSPS) is 11.0. The minimum atomic E-state index is -0.545. The number of rotatable bonds is 6. The molecule has 0 aliphatic rings. The Balaban J connectivity index is 1.76. The van der Waals surface area contributed by atoms with Crippen molar-refractivity contribution in [2.75, 3.05) is 11.1 Å². The van der Waals surface area contributed by atoms with Gasteiger partial charge in [0.2, 0.25) is 5.91 Å². The zero-order valence-corrected chi connectivity index (χ0v) is 16.2. The predicted molar refractivity (Wildman–Crippen MR) is 105 cm³/mol. The van der Waals surface area contributed by atoms with Gasteiger partial charge in [0.05, 0.1) is 16.3 Å². The summed E-state index contributed by atoms with van der Waals surface area (Å²) in [5, 5.41) is 4.93. The first-order chi connectivity index (χ1) is 12.5. The second-order valence-electron chi connectivity index (χ2n) is 5.45. The topological polar surface area (TPSA) is 64.0 Å². The Hall–Kier alpha value is -1.90. The molecule has 9 heteroatoms. The maximum Gasteiger partial charge on any atom is 0.272 e. The SMILES string of the molecule is CCCn1c(SCC(=O)Nc2ccc(F)c(Cl)c2)nc2ccsc2c1=O.